The SMILES string of the molecule is C[C@H](N)[C@H](O)CCCCCCCCCCCCCCC(=O)CCCCCCC[C@H](O[C@@H]1O[C@H](CO)[C@@H](O)[C@H](O)[C@H]1O)[C@H](N)CO. The second kappa shape index (κ2) is 26.3. The van der Waals surface area contributed by atoms with E-state index in [1.807, 2.05) is 6.92 Å². The predicted octanol–water partition coefficient (Wildman–Crippen LogP) is 2.96. The fourth-order valence-electron chi connectivity index (χ4n) is 5.88. The molecule has 1 aliphatic heterocycles. The van der Waals surface area contributed by atoms with Gasteiger partial charge in [0.1, 0.15) is 30.2 Å². The van der Waals surface area contributed by atoms with Crippen molar-refractivity contribution in [1.82, 2.24) is 0 Å². The lowest BCUT2D eigenvalue weighted by molar-refractivity contribution is -0.313. The van der Waals surface area contributed by atoms with Crippen molar-refractivity contribution in [3.63, 3.8) is 0 Å². The van der Waals surface area contributed by atoms with Crippen LogP contribution in [0.2, 0.25) is 0 Å². The average Bonchev–Trinajstić information content (AvgIpc) is 3.03. The highest BCUT2D eigenvalue weighted by molar-refractivity contribution is 5.78. The topological polar surface area (TPSA) is 209 Å². The minimum atomic E-state index is -1.53. The first-order valence-electron chi connectivity index (χ1n) is 17.9. The molecular weight excluding hydrogens is 580 g/mol. The number of aliphatic hydroxyl groups excluding tert-OH is 6. The summed E-state index contributed by atoms with van der Waals surface area (Å²) in [5.41, 5.74) is 11.7. The number of ketones is 1. The Kier molecular flexibility index (Phi) is 24.7. The molecule has 0 aliphatic carbocycles. The third-order valence-corrected chi connectivity index (χ3v) is 9.10. The average molecular weight is 649 g/mol. The smallest absolute Gasteiger partial charge is 0.187 e. The van der Waals surface area contributed by atoms with Crippen molar-refractivity contribution in [3.05, 3.63) is 0 Å². The van der Waals surface area contributed by atoms with E-state index >= 15 is 0 Å². The second-order valence-electron chi connectivity index (χ2n) is 13.3. The Bertz CT molecular complexity index is 715. The van der Waals surface area contributed by atoms with Gasteiger partial charge in [0.2, 0.25) is 0 Å². The highest BCUT2D eigenvalue weighted by Crippen LogP contribution is 2.25. The van der Waals surface area contributed by atoms with Crippen LogP contribution in [-0.4, -0.2) is 105 Å². The standard InChI is InChI=1S/C34H68N2O9/c1-25(35)28(40)21-17-13-9-7-5-3-2-4-6-8-11-15-19-26(39)20-16-12-10-14-18-22-29(27(36)23-37)44-34-33(43)32(42)31(41)30(24-38)45-34/h25,27-34,37-38,40-43H,2-24,35-36H2,1H3/t25-,27+,28+,29-,30+,31+,32-,33+,34+/m0/s1. The number of ether oxygens (including phenoxy) is 2. The van der Waals surface area contributed by atoms with Crippen LogP contribution in [0.3, 0.4) is 0 Å². The maximum Gasteiger partial charge on any atom is 0.187 e. The summed E-state index contributed by atoms with van der Waals surface area (Å²) in [7, 11) is 0. The van der Waals surface area contributed by atoms with Crippen molar-refractivity contribution in [2.24, 2.45) is 11.5 Å². The van der Waals surface area contributed by atoms with E-state index in [-0.39, 0.29) is 18.8 Å². The van der Waals surface area contributed by atoms with E-state index in [1.54, 1.807) is 0 Å². The summed E-state index contributed by atoms with van der Waals surface area (Å²) >= 11 is 0. The number of carbonyl (C=O) groups is 1. The van der Waals surface area contributed by atoms with Gasteiger partial charge in [-0.2, -0.15) is 0 Å². The summed E-state index contributed by atoms with van der Waals surface area (Å²) in [6.07, 6.45) is 13.8. The lowest BCUT2D eigenvalue weighted by Gasteiger charge is -2.41. The molecule has 11 heteroatoms. The fraction of sp³-hybridized carbons (Fsp3) is 0.971. The van der Waals surface area contributed by atoms with Gasteiger partial charge in [-0.15, -0.1) is 0 Å². The van der Waals surface area contributed by atoms with Gasteiger partial charge >= 0.3 is 0 Å². The van der Waals surface area contributed by atoms with Gasteiger partial charge in [0.15, 0.2) is 6.29 Å². The van der Waals surface area contributed by atoms with Crippen molar-refractivity contribution in [2.75, 3.05) is 13.2 Å². The molecule has 0 saturated carbocycles. The Balaban J connectivity index is 2.00. The van der Waals surface area contributed by atoms with Gasteiger partial charge in [0, 0.05) is 18.9 Å². The lowest BCUT2D eigenvalue weighted by Crippen LogP contribution is -2.60. The van der Waals surface area contributed by atoms with Crippen LogP contribution in [0.5, 0.6) is 0 Å². The van der Waals surface area contributed by atoms with Crippen molar-refractivity contribution in [3.8, 4) is 0 Å². The normalized spacial score (nSPS) is 24.8. The number of Topliss-reactive ketones (excluding diaryl/α,β-unsaturated/α-hetero) is 1. The third-order valence-electron chi connectivity index (χ3n) is 9.10. The van der Waals surface area contributed by atoms with E-state index in [0.29, 0.717) is 25.0 Å². The minimum Gasteiger partial charge on any atom is -0.395 e. The number of hydrogen-bond donors (Lipinski definition) is 8. The quantitative estimate of drug-likeness (QED) is 0.0553. The van der Waals surface area contributed by atoms with E-state index in [1.165, 1.54) is 57.8 Å². The monoisotopic (exact) mass is 648 g/mol. The summed E-state index contributed by atoms with van der Waals surface area (Å²) in [6.45, 7) is 0.986. The number of hydrogen-bond acceptors (Lipinski definition) is 11. The molecule has 11 nitrogen and oxygen atoms in total. The maximum absolute atomic E-state index is 12.2. The van der Waals surface area contributed by atoms with E-state index < -0.39 is 49.5 Å². The molecular formula is C34H68N2O9. The molecule has 0 unspecified atom stereocenters. The molecule has 268 valence electrons. The van der Waals surface area contributed by atoms with Crippen molar-refractivity contribution >= 4 is 5.78 Å². The van der Waals surface area contributed by atoms with E-state index in [0.717, 1.165) is 57.8 Å². The third kappa shape index (κ3) is 19.0. The van der Waals surface area contributed by atoms with E-state index in [2.05, 4.69) is 0 Å². The number of nitrogens with two attached hydrogens (primary N) is 2. The van der Waals surface area contributed by atoms with Crippen LogP contribution in [0.25, 0.3) is 0 Å². The van der Waals surface area contributed by atoms with Crippen LogP contribution in [0.15, 0.2) is 0 Å². The van der Waals surface area contributed by atoms with Crippen LogP contribution < -0.4 is 11.5 Å². The number of carbonyl (C=O) groups excluding carboxylic acids is 1. The molecule has 1 aliphatic rings. The molecule has 0 aromatic carbocycles. The molecule has 1 fully saturated rings. The maximum atomic E-state index is 12.2. The Morgan fingerprint density at radius 1 is 0.689 bits per heavy atom. The molecule has 0 radical (unpaired) electrons. The van der Waals surface area contributed by atoms with Crippen LogP contribution >= 0.6 is 0 Å². The fourth-order valence-corrected chi connectivity index (χ4v) is 5.88. The van der Waals surface area contributed by atoms with Crippen LogP contribution in [-0.2, 0) is 14.3 Å². The van der Waals surface area contributed by atoms with E-state index in [4.69, 9.17) is 20.9 Å². The molecule has 0 aromatic rings. The van der Waals surface area contributed by atoms with Crippen LogP contribution in [0.4, 0.5) is 0 Å². The van der Waals surface area contributed by atoms with Gasteiger partial charge in [-0.3, -0.25) is 4.79 Å². The van der Waals surface area contributed by atoms with Crippen molar-refractivity contribution in [1.29, 1.82) is 0 Å². The number of unbranched alkanes of at least 4 members (excludes halogenated alkanes) is 15. The molecule has 0 spiro atoms. The molecule has 45 heavy (non-hydrogen) atoms. The van der Waals surface area contributed by atoms with Gasteiger partial charge in [0.25, 0.3) is 0 Å². The zero-order valence-corrected chi connectivity index (χ0v) is 28.0. The van der Waals surface area contributed by atoms with Gasteiger partial charge in [-0.1, -0.05) is 96.3 Å². The molecule has 0 bridgehead atoms. The predicted molar refractivity (Wildman–Crippen MR) is 175 cm³/mol. The summed E-state index contributed by atoms with van der Waals surface area (Å²) in [6, 6.07) is -0.846. The zero-order chi connectivity index (χ0) is 33.5. The van der Waals surface area contributed by atoms with Crippen molar-refractivity contribution in [2.45, 2.75) is 197 Å². The van der Waals surface area contributed by atoms with Gasteiger partial charge < -0.3 is 51.6 Å². The first kappa shape index (κ1) is 42.3. The molecule has 0 aromatic heterocycles. The molecule has 10 N–H and O–H groups in total. The van der Waals surface area contributed by atoms with E-state index in [9.17, 15) is 35.4 Å². The molecule has 9 atom stereocenters. The van der Waals surface area contributed by atoms with Gasteiger partial charge in [-0.05, 0) is 32.6 Å². The zero-order valence-electron chi connectivity index (χ0n) is 28.0. The highest BCUT2D eigenvalue weighted by atomic mass is 16.7. The molecule has 1 saturated heterocycles. The largest absolute Gasteiger partial charge is 0.395 e. The molecule has 1 rings (SSSR count). The summed E-state index contributed by atoms with van der Waals surface area (Å²) in [5, 5.41) is 58.8. The summed E-state index contributed by atoms with van der Waals surface area (Å²) in [4.78, 5) is 12.2. The first-order valence-corrected chi connectivity index (χ1v) is 17.9. The summed E-state index contributed by atoms with van der Waals surface area (Å²) in [5.74, 6) is 0.351. The number of rotatable bonds is 29. The second-order valence-corrected chi connectivity index (χ2v) is 13.3. The minimum absolute atomic E-state index is 0.132. The Morgan fingerprint density at radius 3 is 1.58 bits per heavy atom. The van der Waals surface area contributed by atoms with Gasteiger partial charge in [-0.25, -0.2) is 0 Å². The first-order chi connectivity index (χ1) is 21.6. The van der Waals surface area contributed by atoms with Gasteiger partial charge in [0.05, 0.1) is 31.5 Å². The molecule has 1 heterocycles. The summed E-state index contributed by atoms with van der Waals surface area (Å²) < 4.78 is 11.2. The molecule has 0 amide bonds. The number of aliphatic hydroxyl groups is 6. The van der Waals surface area contributed by atoms with Crippen LogP contribution in [0.1, 0.15) is 142 Å². The highest BCUT2D eigenvalue weighted by Gasteiger charge is 2.45. The Labute approximate surface area is 272 Å². The Hall–Kier alpha value is -0.730. The lowest BCUT2D eigenvalue weighted by atomic mass is 9.98. The van der Waals surface area contributed by atoms with Crippen LogP contribution in [0, 0.1) is 0 Å². The Morgan fingerprint density at radius 2 is 1.13 bits per heavy atom. The van der Waals surface area contributed by atoms with Crippen molar-refractivity contribution < 1.29 is 44.9 Å².